The molecule has 2 saturated heterocycles. The van der Waals surface area contributed by atoms with E-state index >= 15 is 0 Å². The van der Waals surface area contributed by atoms with Crippen molar-refractivity contribution < 1.29 is 22.7 Å². The minimum Gasteiger partial charge on any atom is -0.376 e. The number of sulfonamides is 1. The van der Waals surface area contributed by atoms with Gasteiger partial charge in [-0.05, 0) is 31.9 Å². The van der Waals surface area contributed by atoms with Crippen molar-refractivity contribution in [3.63, 3.8) is 0 Å². The van der Waals surface area contributed by atoms with E-state index in [1.54, 1.807) is 24.3 Å². The first-order valence-corrected chi connectivity index (χ1v) is 10.4. The van der Waals surface area contributed by atoms with Crippen LogP contribution in [-0.2, 0) is 24.3 Å². The van der Waals surface area contributed by atoms with Crippen molar-refractivity contribution in [3.8, 4) is 0 Å². The minimum absolute atomic E-state index is 0.122. The highest BCUT2D eigenvalue weighted by molar-refractivity contribution is 7.89. The van der Waals surface area contributed by atoms with Gasteiger partial charge in [0.2, 0.25) is 15.9 Å². The Labute approximate surface area is 154 Å². The van der Waals surface area contributed by atoms with Crippen molar-refractivity contribution in [2.24, 2.45) is 5.92 Å². The van der Waals surface area contributed by atoms with Gasteiger partial charge in [-0.2, -0.15) is 4.31 Å². The lowest BCUT2D eigenvalue weighted by Gasteiger charge is -2.31. The average Bonchev–Trinajstić information content (AvgIpc) is 2.67. The third-order valence-electron chi connectivity index (χ3n) is 4.80. The van der Waals surface area contributed by atoms with Crippen LogP contribution in [0.2, 0.25) is 0 Å². The Balaban J connectivity index is 1.59. The monoisotopic (exact) mass is 382 g/mol. The van der Waals surface area contributed by atoms with Crippen LogP contribution in [0, 0.1) is 12.8 Å². The van der Waals surface area contributed by atoms with E-state index in [9.17, 15) is 13.2 Å². The normalized spacial score (nSPS) is 25.0. The molecule has 0 saturated carbocycles. The highest BCUT2D eigenvalue weighted by Crippen LogP contribution is 2.24. The standard InChI is InChI=1S/C18H26N2O5S/c1-14-4-6-17(7-5-14)26(22,23)20-8-2-3-15(12-20)18(21)19-11-16-13-24-9-10-25-16/h4-7,15-16H,2-3,8-13H2,1H3,(H,19,21)/t15-,16+/m0/s1. The van der Waals surface area contributed by atoms with E-state index in [0.717, 1.165) is 5.56 Å². The van der Waals surface area contributed by atoms with E-state index in [0.29, 0.717) is 45.8 Å². The van der Waals surface area contributed by atoms with E-state index in [4.69, 9.17) is 9.47 Å². The number of hydrogen-bond donors (Lipinski definition) is 1. The van der Waals surface area contributed by atoms with E-state index in [2.05, 4.69) is 5.32 Å². The Morgan fingerprint density at radius 3 is 2.73 bits per heavy atom. The van der Waals surface area contributed by atoms with Gasteiger partial charge in [0.1, 0.15) is 0 Å². The first kappa shape index (κ1) is 19.3. The fourth-order valence-electron chi connectivity index (χ4n) is 3.25. The number of carbonyl (C=O) groups is 1. The van der Waals surface area contributed by atoms with E-state index in [-0.39, 0.29) is 29.4 Å². The van der Waals surface area contributed by atoms with Crippen LogP contribution in [0.25, 0.3) is 0 Å². The molecule has 0 radical (unpaired) electrons. The average molecular weight is 382 g/mol. The number of amides is 1. The molecule has 144 valence electrons. The summed E-state index contributed by atoms with van der Waals surface area (Å²) >= 11 is 0. The van der Waals surface area contributed by atoms with Gasteiger partial charge in [0.15, 0.2) is 0 Å². The molecule has 0 aromatic heterocycles. The van der Waals surface area contributed by atoms with Gasteiger partial charge in [-0.3, -0.25) is 4.79 Å². The van der Waals surface area contributed by atoms with Gasteiger partial charge in [0.05, 0.1) is 36.7 Å². The van der Waals surface area contributed by atoms with Crippen molar-refractivity contribution in [1.82, 2.24) is 9.62 Å². The lowest BCUT2D eigenvalue weighted by Crippen LogP contribution is -2.47. The van der Waals surface area contributed by atoms with Crippen LogP contribution in [-0.4, -0.2) is 64.2 Å². The second-order valence-corrected chi connectivity index (χ2v) is 8.77. The van der Waals surface area contributed by atoms with Crippen molar-refractivity contribution in [1.29, 1.82) is 0 Å². The summed E-state index contributed by atoms with van der Waals surface area (Å²) in [5.41, 5.74) is 1.01. The first-order valence-electron chi connectivity index (χ1n) is 9.00. The molecule has 2 heterocycles. The van der Waals surface area contributed by atoms with Crippen LogP contribution in [0.3, 0.4) is 0 Å². The zero-order valence-electron chi connectivity index (χ0n) is 15.0. The van der Waals surface area contributed by atoms with Crippen molar-refractivity contribution >= 4 is 15.9 Å². The Hall–Kier alpha value is -1.48. The SMILES string of the molecule is Cc1ccc(S(=O)(=O)N2CCC[C@H](C(=O)NC[C@@H]3COCCO3)C2)cc1. The molecule has 7 nitrogen and oxygen atoms in total. The lowest BCUT2D eigenvalue weighted by molar-refractivity contribution is -0.128. The maximum absolute atomic E-state index is 12.8. The smallest absolute Gasteiger partial charge is 0.243 e. The number of piperidine rings is 1. The number of aryl methyl sites for hydroxylation is 1. The van der Waals surface area contributed by atoms with Gasteiger partial charge < -0.3 is 14.8 Å². The topological polar surface area (TPSA) is 84.9 Å². The zero-order chi connectivity index (χ0) is 18.6. The summed E-state index contributed by atoms with van der Waals surface area (Å²) < 4.78 is 37.9. The van der Waals surface area contributed by atoms with Crippen LogP contribution < -0.4 is 5.32 Å². The van der Waals surface area contributed by atoms with Crippen LogP contribution in [0.5, 0.6) is 0 Å². The van der Waals surface area contributed by atoms with Gasteiger partial charge in [-0.25, -0.2) is 8.42 Å². The second kappa shape index (κ2) is 8.47. The number of carbonyl (C=O) groups excluding carboxylic acids is 1. The lowest BCUT2D eigenvalue weighted by atomic mass is 9.99. The van der Waals surface area contributed by atoms with Gasteiger partial charge in [0, 0.05) is 19.6 Å². The van der Waals surface area contributed by atoms with Crippen LogP contribution in [0.4, 0.5) is 0 Å². The number of nitrogens with one attached hydrogen (secondary N) is 1. The molecule has 2 aliphatic heterocycles. The van der Waals surface area contributed by atoms with Crippen LogP contribution >= 0.6 is 0 Å². The second-order valence-electron chi connectivity index (χ2n) is 6.83. The van der Waals surface area contributed by atoms with Gasteiger partial charge in [-0.15, -0.1) is 0 Å². The molecular weight excluding hydrogens is 356 g/mol. The van der Waals surface area contributed by atoms with Crippen molar-refractivity contribution in [2.75, 3.05) is 39.5 Å². The van der Waals surface area contributed by atoms with Gasteiger partial charge in [0.25, 0.3) is 0 Å². The molecule has 2 fully saturated rings. The summed E-state index contributed by atoms with van der Waals surface area (Å²) in [6.07, 6.45) is 1.23. The third kappa shape index (κ3) is 4.62. The molecular formula is C18H26N2O5S. The summed E-state index contributed by atoms with van der Waals surface area (Å²) in [4.78, 5) is 12.7. The maximum Gasteiger partial charge on any atom is 0.243 e. The molecule has 1 N–H and O–H groups in total. The third-order valence-corrected chi connectivity index (χ3v) is 6.68. The number of ether oxygens (including phenoxy) is 2. The Morgan fingerprint density at radius 2 is 2.04 bits per heavy atom. The molecule has 3 rings (SSSR count). The largest absolute Gasteiger partial charge is 0.376 e. The van der Waals surface area contributed by atoms with E-state index in [1.165, 1.54) is 4.31 Å². The number of nitrogens with zero attached hydrogens (tertiary/aromatic N) is 1. The predicted molar refractivity (Wildman–Crippen MR) is 96.2 cm³/mol. The van der Waals surface area contributed by atoms with E-state index < -0.39 is 10.0 Å². The predicted octanol–water partition coefficient (Wildman–Crippen LogP) is 0.927. The molecule has 2 aliphatic rings. The molecule has 0 unspecified atom stereocenters. The van der Waals surface area contributed by atoms with Crippen molar-refractivity contribution in [2.45, 2.75) is 30.8 Å². The van der Waals surface area contributed by atoms with Gasteiger partial charge >= 0.3 is 0 Å². The summed E-state index contributed by atoms with van der Waals surface area (Å²) in [5.74, 6) is -0.462. The number of rotatable bonds is 5. The first-order chi connectivity index (χ1) is 12.5. The molecule has 1 aromatic carbocycles. The Morgan fingerprint density at radius 1 is 1.27 bits per heavy atom. The highest BCUT2D eigenvalue weighted by Gasteiger charge is 2.33. The van der Waals surface area contributed by atoms with Gasteiger partial charge in [-0.1, -0.05) is 17.7 Å². The van der Waals surface area contributed by atoms with E-state index in [1.807, 2.05) is 6.92 Å². The molecule has 0 bridgehead atoms. The molecule has 1 aromatic rings. The fraction of sp³-hybridized carbons (Fsp3) is 0.611. The highest BCUT2D eigenvalue weighted by atomic mass is 32.2. The number of hydrogen-bond acceptors (Lipinski definition) is 5. The fourth-order valence-corrected chi connectivity index (χ4v) is 4.77. The van der Waals surface area contributed by atoms with Crippen LogP contribution in [0.15, 0.2) is 29.2 Å². The Kier molecular flexibility index (Phi) is 6.29. The summed E-state index contributed by atoms with van der Waals surface area (Å²) in [6.45, 7) is 4.55. The molecule has 1 amide bonds. The summed E-state index contributed by atoms with van der Waals surface area (Å²) in [7, 11) is -3.57. The maximum atomic E-state index is 12.8. The van der Waals surface area contributed by atoms with Crippen LogP contribution in [0.1, 0.15) is 18.4 Å². The Bertz CT molecular complexity index is 714. The number of benzene rings is 1. The summed E-state index contributed by atoms with van der Waals surface area (Å²) in [6, 6.07) is 6.81. The molecule has 2 atom stereocenters. The van der Waals surface area contributed by atoms with Crippen molar-refractivity contribution in [3.05, 3.63) is 29.8 Å². The molecule has 0 spiro atoms. The quantitative estimate of drug-likeness (QED) is 0.819. The zero-order valence-corrected chi connectivity index (χ0v) is 15.8. The molecule has 26 heavy (non-hydrogen) atoms. The summed E-state index contributed by atoms with van der Waals surface area (Å²) in [5, 5.41) is 2.88. The molecule has 0 aliphatic carbocycles. The molecule has 8 heteroatoms. The minimum atomic E-state index is -3.57.